The Balaban J connectivity index is 1.54. The Hall–Kier alpha value is -2.45. The minimum Gasteiger partial charge on any atom is -0.374 e. The number of urea groups is 1. The van der Waals surface area contributed by atoms with Crippen LogP contribution in [0.1, 0.15) is 26.3 Å². The fourth-order valence-corrected chi connectivity index (χ4v) is 3.92. The van der Waals surface area contributed by atoms with Crippen LogP contribution in [-0.2, 0) is 14.3 Å². The normalized spacial score (nSPS) is 22.8. The van der Waals surface area contributed by atoms with Gasteiger partial charge in [-0.25, -0.2) is 4.79 Å². The minimum absolute atomic E-state index is 0.0885. The molecule has 0 aromatic heterocycles. The first-order valence-electron chi connectivity index (χ1n) is 10.6. The molecular formula is C22H32N4O4. The van der Waals surface area contributed by atoms with Gasteiger partial charge in [0.2, 0.25) is 5.91 Å². The molecule has 2 saturated heterocycles. The molecule has 2 heterocycles. The van der Waals surface area contributed by atoms with Gasteiger partial charge in [-0.05, 0) is 31.9 Å². The van der Waals surface area contributed by atoms with E-state index in [4.69, 9.17) is 4.74 Å². The van der Waals surface area contributed by atoms with Gasteiger partial charge in [0.1, 0.15) is 12.6 Å². The van der Waals surface area contributed by atoms with Gasteiger partial charge in [-0.1, -0.05) is 31.5 Å². The zero-order chi connectivity index (χ0) is 21.8. The van der Waals surface area contributed by atoms with Gasteiger partial charge in [0, 0.05) is 31.9 Å². The van der Waals surface area contributed by atoms with Gasteiger partial charge >= 0.3 is 6.03 Å². The van der Waals surface area contributed by atoms with E-state index < -0.39 is 12.1 Å². The summed E-state index contributed by atoms with van der Waals surface area (Å²) in [5, 5.41) is 2.82. The van der Waals surface area contributed by atoms with E-state index in [-0.39, 0.29) is 24.5 Å². The molecule has 1 N–H and O–H groups in total. The molecule has 2 aliphatic rings. The Labute approximate surface area is 178 Å². The average Bonchev–Trinajstić information content (AvgIpc) is 2.90. The summed E-state index contributed by atoms with van der Waals surface area (Å²) >= 11 is 0. The Bertz CT molecular complexity index is 780. The van der Waals surface area contributed by atoms with Gasteiger partial charge in [0.15, 0.2) is 0 Å². The van der Waals surface area contributed by atoms with Gasteiger partial charge in [-0.2, -0.15) is 0 Å². The largest absolute Gasteiger partial charge is 0.374 e. The van der Waals surface area contributed by atoms with E-state index in [0.29, 0.717) is 24.8 Å². The number of carbonyl (C=O) groups is 3. The SMILES string of the molecule is Cc1ccc(N2C(=O)N(CC(=O)NCC3CN(CC(C)C)CCO3)C(=O)C2C)cc1. The lowest BCUT2D eigenvalue weighted by Gasteiger charge is -2.34. The van der Waals surface area contributed by atoms with Crippen molar-refractivity contribution in [3.8, 4) is 0 Å². The third-order valence-corrected chi connectivity index (χ3v) is 5.43. The van der Waals surface area contributed by atoms with Crippen molar-refractivity contribution in [3.05, 3.63) is 29.8 Å². The molecule has 0 aliphatic carbocycles. The molecule has 2 fully saturated rings. The van der Waals surface area contributed by atoms with Gasteiger partial charge in [-0.15, -0.1) is 0 Å². The van der Waals surface area contributed by atoms with Crippen LogP contribution in [0.25, 0.3) is 0 Å². The van der Waals surface area contributed by atoms with Crippen LogP contribution in [0.4, 0.5) is 10.5 Å². The number of anilines is 1. The second kappa shape index (κ2) is 9.57. The van der Waals surface area contributed by atoms with E-state index in [9.17, 15) is 14.4 Å². The standard InChI is InChI=1S/C22H32N4O4/c1-15(2)12-24-9-10-30-19(13-24)11-23-20(27)14-25-21(28)17(4)26(22(25)29)18-7-5-16(3)6-8-18/h5-8,15,17,19H,9-14H2,1-4H3,(H,23,27). The number of carbonyl (C=O) groups excluding carboxylic acids is 3. The fraction of sp³-hybridized carbons (Fsp3) is 0.591. The highest BCUT2D eigenvalue weighted by Crippen LogP contribution is 2.25. The summed E-state index contributed by atoms with van der Waals surface area (Å²) in [4.78, 5) is 42.7. The number of benzene rings is 1. The van der Waals surface area contributed by atoms with Crippen LogP contribution in [0.15, 0.2) is 24.3 Å². The first-order chi connectivity index (χ1) is 14.3. The molecule has 1 aromatic rings. The number of nitrogens with one attached hydrogen (secondary N) is 1. The number of imide groups is 1. The highest BCUT2D eigenvalue weighted by atomic mass is 16.5. The molecule has 30 heavy (non-hydrogen) atoms. The van der Waals surface area contributed by atoms with Crippen molar-refractivity contribution in [2.45, 2.75) is 39.8 Å². The monoisotopic (exact) mass is 416 g/mol. The van der Waals surface area contributed by atoms with Crippen molar-refractivity contribution in [2.24, 2.45) is 5.92 Å². The number of amides is 4. The minimum atomic E-state index is -0.640. The lowest BCUT2D eigenvalue weighted by atomic mass is 10.2. The summed E-state index contributed by atoms with van der Waals surface area (Å²) in [7, 11) is 0. The molecule has 8 heteroatoms. The number of morpholine rings is 1. The molecule has 8 nitrogen and oxygen atoms in total. The summed E-state index contributed by atoms with van der Waals surface area (Å²) in [6.45, 7) is 11.4. The smallest absolute Gasteiger partial charge is 0.332 e. The quantitative estimate of drug-likeness (QED) is 0.683. The maximum atomic E-state index is 12.8. The maximum absolute atomic E-state index is 12.8. The van der Waals surface area contributed by atoms with Gasteiger partial charge < -0.3 is 10.1 Å². The predicted octanol–water partition coefficient (Wildman–Crippen LogP) is 1.63. The van der Waals surface area contributed by atoms with Crippen LogP contribution < -0.4 is 10.2 Å². The van der Waals surface area contributed by atoms with E-state index in [2.05, 4.69) is 24.1 Å². The van der Waals surface area contributed by atoms with Crippen LogP contribution >= 0.6 is 0 Å². The van der Waals surface area contributed by atoms with Crippen molar-refractivity contribution in [1.29, 1.82) is 0 Å². The molecule has 0 radical (unpaired) electrons. The van der Waals surface area contributed by atoms with Gasteiger partial charge in [0.25, 0.3) is 5.91 Å². The summed E-state index contributed by atoms with van der Waals surface area (Å²) < 4.78 is 5.74. The molecule has 3 rings (SSSR count). The summed E-state index contributed by atoms with van der Waals surface area (Å²) in [6, 6.07) is 6.29. The van der Waals surface area contributed by atoms with Crippen molar-refractivity contribution >= 4 is 23.5 Å². The Morgan fingerprint density at radius 1 is 1.23 bits per heavy atom. The lowest BCUT2D eigenvalue weighted by Crippen LogP contribution is -2.50. The third-order valence-electron chi connectivity index (χ3n) is 5.43. The molecule has 2 atom stereocenters. The second-order valence-electron chi connectivity index (χ2n) is 8.54. The van der Waals surface area contributed by atoms with Crippen LogP contribution in [0.5, 0.6) is 0 Å². The average molecular weight is 417 g/mol. The van der Waals surface area contributed by atoms with E-state index in [0.717, 1.165) is 30.1 Å². The summed E-state index contributed by atoms with van der Waals surface area (Å²) in [5.41, 5.74) is 1.72. The molecule has 4 amide bonds. The molecule has 0 spiro atoms. The van der Waals surface area contributed by atoms with Gasteiger partial charge in [0.05, 0.1) is 12.7 Å². The van der Waals surface area contributed by atoms with Crippen molar-refractivity contribution < 1.29 is 19.1 Å². The molecular weight excluding hydrogens is 384 g/mol. The topological polar surface area (TPSA) is 82.2 Å². The molecule has 2 aliphatic heterocycles. The predicted molar refractivity (Wildman–Crippen MR) is 114 cm³/mol. The van der Waals surface area contributed by atoms with Gasteiger partial charge in [-0.3, -0.25) is 24.3 Å². The van der Waals surface area contributed by atoms with E-state index in [1.807, 2.05) is 31.2 Å². The van der Waals surface area contributed by atoms with E-state index in [1.54, 1.807) is 6.92 Å². The summed E-state index contributed by atoms with van der Waals surface area (Å²) in [6.07, 6.45) is -0.0885. The Morgan fingerprint density at radius 2 is 1.93 bits per heavy atom. The molecule has 164 valence electrons. The Morgan fingerprint density at radius 3 is 2.60 bits per heavy atom. The third kappa shape index (κ3) is 5.17. The molecule has 1 aromatic carbocycles. The fourth-order valence-electron chi connectivity index (χ4n) is 3.92. The number of hydrogen-bond donors (Lipinski definition) is 1. The molecule has 2 unspecified atom stereocenters. The zero-order valence-electron chi connectivity index (χ0n) is 18.3. The van der Waals surface area contributed by atoms with Crippen LogP contribution in [0, 0.1) is 12.8 Å². The highest BCUT2D eigenvalue weighted by molar-refractivity contribution is 6.15. The zero-order valence-corrected chi connectivity index (χ0v) is 18.3. The Kier molecular flexibility index (Phi) is 7.10. The van der Waals surface area contributed by atoms with Crippen molar-refractivity contribution in [1.82, 2.24) is 15.1 Å². The van der Waals surface area contributed by atoms with E-state index in [1.165, 1.54) is 4.90 Å². The van der Waals surface area contributed by atoms with Crippen LogP contribution in [0.3, 0.4) is 0 Å². The van der Waals surface area contributed by atoms with Crippen molar-refractivity contribution in [3.63, 3.8) is 0 Å². The second-order valence-corrected chi connectivity index (χ2v) is 8.54. The number of ether oxygens (including phenoxy) is 1. The molecule has 0 saturated carbocycles. The first-order valence-corrected chi connectivity index (χ1v) is 10.6. The van der Waals surface area contributed by atoms with E-state index >= 15 is 0 Å². The molecule has 0 bridgehead atoms. The number of rotatable bonds is 7. The maximum Gasteiger partial charge on any atom is 0.332 e. The number of nitrogens with zero attached hydrogens (tertiary/aromatic N) is 3. The summed E-state index contributed by atoms with van der Waals surface area (Å²) in [5.74, 6) is -0.156. The van der Waals surface area contributed by atoms with Crippen LogP contribution in [-0.4, -0.2) is 79.1 Å². The first kappa shape index (κ1) is 22.2. The number of hydrogen-bond acceptors (Lipinski definition) is 5. The highest BCUT2D eigenvalue weighted by Gasteiger charge is 2.44. The lowest BCUT2D eigenvalue weighted by molar-refractivity contribution is -0.132. The van der Waals surface area contributed by atoms with Crippen LogP contribution in [0.2, 0.25) is 0 Å². The number of aryl methyl sites for hydroxylation is 1. The van der Waals surface area contributed by atoms with Crippen molar-refractivity contribution in [2.75, 3.05) is 44.2 Å².